The molecule has 3 heteroatoms. The maximum Gasteiger partial charge on any atom is 0.0641 e. The summed E-state index contributed by atoms with van der Waals surface area (Å²) in [7, 11) is 0. The van der Waals surface area contributed by atoms with Crippen molar-refractivity contribution in [2.45, 2.75) is 25.3 Å². The third-order valence-corrected chi connectivity index (χ3v) is 4.07. The van der Waals surface area contributed by atoms with Crippen molar-refractivity contribution >= 4 is 11.4 Å². The Morgan fingerprint density at radius 3 is 3.00 bits per heavy atom. The number of anilines is 2. The standard InChI is InChI=1S/C14H20N2O/c15-12-5-1-2-6-14(12)16-8-9-17-10-11-4-3-7-13(11)16/h1-2,5-6,11,13H,3-4,7-10,15H2/t11-,13-/m1/s1. The molecule has 0 amide bonds. The maximum atomic E-state index is 6.10. The number of nitrogens with zero attached hydrogens (tertiary/aromatic N) is 1. The number of fused-ring (bicyclic) bond motifs is 1. The van der Waals surface area contributed by atoms with Crippen molar-refractivity contribution in [2.24, 2.45) is 5.92 Å². The summed E-state index contributed by atoms with van der Waals surface area (Å²) < 4.78 is 5.72. The highest BCUT2D eigenvalue weighted by molar-refractivity contribution is 5.68. The molecule has 2 N–H and O–H groups in total. The Morgan fingerprint density at radius 2 is 2.12 bits per heavy atom. The molecular formula is C14H20N2O. The summed E-state index contributed by atoms with van der Waals surface area (Å²) in [6, 6.07) is 8.82. The second-order valence-electron chi connectivity index (χ2n) is 5.09. The van der Waals surface area contributed by atoms with Crippen molar-refractivity contribution in [1.29, 1.82) is 0 Å². The Labute approximate surface area is 103 Å². The number of hydrogen-bond acceptors (Lipinski definition) is 3. The smallest absolute Gasteiger partial charge is 0.0641 e. The number of ether oxygens (including phenoxy) is 1. The van der Waals surface area contributed by atoms with E-state index in [1.54, 1.807) is 0 Å². The third kappa shape index (κ3) is 2.00. The molecule has 1 saturated carbocycles. The highest BCUT2D eigenvalue weighted by atomic mass is 16.5. The molecule has 2 fully saturated rings. The molecule has 0 bridgehead atoms. The van der Waals surface area contributed by atoms with Gasteiger partial charge in [0.2, 0.25) is 0 Å². The quantitative estimate of drug-likeness (QED) is 0.755. The number of para-hydroxylation sites is 2. The molecule has 17 heavy (non-hydrogen) atoms. The van der Waals surface area contributed by atoms with Crippen molar-refractivity contribution in [3.8, 4) is 0 Å². The Bertz CT molecular complexity index is 394. The molecule has 1 aliphatic heterocycles. The lowest BCUT2D eigenvalue weighted by atomic mass is 10.0. The van der Waals surface area contributed by atoms with E-state index >= 15 is 0 Å². The molecule has 1 aliphatic carbocycles. The Hall–Kier alpha value is -1.22. The zero-order chi connectivity index (χ0) is 11.7. The predicted octanol–water partition coefficient (Wildman–Crippen LogP) is 2.27. The number of benzene rings is 1. The molecule has 0 spiro atoms. The fourth-order valence-corrected chi connectivity index (χ4v) is 3.23. The Balaban J connectivity index is 1.92. The van der Waals surface area contributed by atoms with Gasteiger partial charge in [-0.2, -0.15) is 0 Å². The lowest BCUT2D eigenvalue weighted by Crippen LogP contribution is -2.38. The predicted molar refractivity (Wildman–Crippen MR) is 70.1 cm³/mol. The monoisotopic (exact) mass is 232 g/mol. The van der Waals surface area contributed by atoms with Crippen LogP contribution in [0.1, 0.15) is 19.3 Å². The average Bonchev–Trinajstić information content (AvgIpc) is 2.71. The SMILES string of the molecule is Nc1ccccc1N1CCOC[C@H]2CCC[C@H]21. The van der Waals surface area contributed by atoms with E-state index in [0.29, 0.717) is 12.0 Å². The molecule has 2 aliphatic rings. The molecule has 0 radical (unpaired) electrons. The fraction of sp³-hybridized carbons (Fsp3) is 0.571. The van der Waals surface area contributed by atoms with Gasteiger partial charge in [0.1, 0.15) is 0 Å². The van der Waals surface area contributed by atoms with Crippen LogP contribution in [0.4, 0.5) is 11.4 Å². The molecule has 1 aromatic rings. The molecule has 0 unspecified atom stereocenters. The minimum absolute atomic E-state index is 0.627. The molecule has 1 saturated heterocycles. The Kier molecular flexibility index (Phi) is 2.93. The van der Waals surface area contributed by atoms with E-state index in [2.05, 4.69) is 17.0 Å². The van der Waals surface area contributed by atoms with Crippen LogP contribution in [0.15, 0.2) is 24.3 Å². The first-order valence-corrected chi connectivity index (χ1v) is 6.55. The van der Waals surface area contributed by atoms with E-state index in [4.69, 9.17) is 10.5 Å². The van der Waals surface area contributed by atoms with Crippen LogP contribution < -0.4 is 10.6 Å². The van der Waals surface area contributed by atoms with Gasteiger partial charge in [-0.3, -0.25) is 0 Å². The fourth-order valence-electron chi connectivity index (χ4n) is 3.23. The molecule has 92 valence electrons. The van der Waals surface area contributed by atoms with Crippen molar-refractivity contribution in [1.82, 2.24) is 0 Å². The van der Waals surface area contributed by atoms with Crippen LogP contribution in [0.25, 0.3) is 0 Å². The van der Waals surface area contributed by atoms with E-state index in [0.717, 1.165) is 25.4 Å². The van der Waals surface area contributed by atoms with E-state index in [1.165, 1.54) is 24.9 Å². The lowest BCUT2D eigenvalue weighted by Gasteiger charge is -2.32. The van der Waals surface area contributed by atoms with E-state index < -0.39 is 0 Å². The van der Waals surface area contributed by atoms with E-state index in [9.17, 15) is 0 Å². The number of nitrogen functional groups attached to an aromatic ring is 1. The van der Waals surface area contributed by atoms with Gasteiger partial charge >= 0.3 is 0 Å². The van der Waals surface area contributed by atoms with Crippen molar-refractivity contribution in [3.63, 3.8) is 0 Å². The summed E-state index contributed by atoms with van der Waals surface area (Å²) in [4.78, 5) is 2.47. The van der Waals surface area contributed by atoms with Crippen molar-refractivity contribution in [2.75, 3.05) is 30.4 Å². The summed E-state index contributed by atoms with van der Waals surface area (Å²) >= 11 is 0. The average molecular weight is 232 g/mol. The third-order valence-electron chi connectivity index (χ3n) is 4.07. The van der Waals surface area contributed by atoms with Crippen LogP contribution in [0.3, 0.4) is 0 Å². The number of hydrogen-bond donors (Lipinski definition) is 1. The van der Waals surface area contributed by atoms with Crippen LogP contribution in [-0.4, -0.2) is 25.8 Å². The molecule has 3 nitrogen and oxygen atoms in total. The largest absolute Gasteiger partial charge is 0.397 e. The minimum Gasteiger partial charge on any atom is -0.397 e. The number of rotatable bonds is 1. The Morgan fingerprint density at radius 1 is 1.24 bits per heavy atom. The van der Waals surface area contributed by atoms with Gasteiger partial charge in [0.05, 0.1) is 24.6 Å². The van der Waals surface area contributed by atoms with Crippen molar-refractivity contribution < 1.29 is 4.74 Å². The maximum absolute atomic E-state index is 6.10. The normalized spacial score (nSPS) is 28.8. The first-order valence-electron chi connectivity index (χ1n) is 6.55. The van der Waals surface area contributed by atoms with Crippen LogP contribution in [0.5, 0.6) is 0 Å². The highest BCUT2D eigenvalue weighted by Crippen LogP contribution is 2.36. The summed E-state index contributed by atoms with van der Waals surface area (Å²) in [6.45, 7) is 2.71. The number of nitrogens with two attached hydrogens (primary N) is 1. The topological polar surface area (TPSA) is 38.5 Å². The van der Waals surface area contributed by atoms with Gasteiger partial charge in [0, 0.05) is 18.5 Å². The van der Waals surface area contributed by atoms with Crippen molar-refractivity contribution in [3.05, 3.63) is 24.3 Å². The first kappa shape index (κ1) is 10.9. The van der Waals surface area contributed by atoms with Crippen LogP contribution in [-0.2, 0) is 4.74 Å². The van der Waals surface area contributed by atoms with E-state index in [-0.39, 0.29) is 0 Å². The lowest BCUT2D eigenvalue weighted by molar-refractivity contribution is 0.121. The van der Waals surface area contributed by atoms with Gasteiger partial charge in [-0.1, -0.05) is 18.6 Å². The second-order valence-corrected chi connectivity index (χ2v) is 5.09. The zero-order valence-electron chi connectivity index (χ0n) is 10.1. The van der Waals surface area contributed by atoms with Gasteiger partial charge in [-0.05, 0) is 25.0 Å². The zero-order valence-corrected chi connectivity index (χ0v) is 10.1. The van der Waals surface area contributed by atoms with Crippen LogP contribution in [0.2, 0.25) is 0 Å². The van der Waals surface area contributed by atoms with E-state index in [1.807, 2.05) is 12.1 Å². The second kappa shape index (κ2) is 4.57. The van der Waals surface area contributed by atoms with Crippen LogP contribution in [0, 0.1) is 5.92 Å². The van der Waals surface area contributed by atoms with Gasteiger partial charge < -0.3 is 15.4 Å². The van der Waals surface area contributed by atoms with Crippen LogP contribution >= 0.6 is 0 Å². The molecular weight excluding hydrogens is 212 g/mol. The highest BCUT2D eigenvalue weighted by Gasteiger charge is 2.34. The van der Waals surface area contributed by atoms with Gasteiger partial charge in [0.15, 0.2) is 0 Å². The summed E-state index contributed by atoms with van der Waals surface area (Å²) in [6.07, 6.45) is 3.90. The van der Waals surface area contributed by atoms with Gasteiger partial charge in [-0.15, -0.1) is 0 Å². The molecule has 0 aromatic heterocycles. The molecule has 1 heterocycles. The first-order chi connectivity index (χ1) is 8.36. The van der Waals surface area contributed by atoms with Gasteiger partial charge in [0.25, 0.3) is 0 Å². The molecule has 1 aromatic carbocycles. The molecule has 3 rings (SSSR count). The minimum atomic E-state index is 0.627. The summed E-state index contributed by atoms with van der Waals surface area (Å²) in [5.41, 5.74) is 8.18. The summed E-state index contributed by atoms with van der Waals surface area (Å²) in [5.74, 6) is 0.692. The molecule has 2 atom stereocenters. The summed E-state index contributed by atoms with van der Waals surface area (Å²) in [5, 5.41) is 0. The van der Waals surface area contributed by atoms with Gasteiger partial charge in [-0.25, -0.2) is 0 Å².